The van der Waals surface area contributed by atoms with Crippen molar-refractivity contribution in [3.8, 4) is 0 Å². The summed E-state index contributed by atoms with van der Waals surface area (Å²) >= 11 is 0. The summed E-state index contributed by atoms with van der Waals surface area (Å²) in [7, 11) is 2.16. The minimum atomic E-state index is 0.0323. The van der Waals surface area contributed by atoms with Gasteiger partial charge in [0.15, 0.2) is 11.0 Å². The van der Waals surface area contributed by atoms with Gasteiger partial charge in [-0.2, -0.15) is 4.40 Å². The first-order valence-electron chi connectivity index (χ1n) is 9.91. The SMILES string of the molecule is Cc1cc(C)c2c(n1)c1c(C(C)(C)C)cccc1n1c3ccccc3[n+](C)c21. The zero-order valence-electron chi connectivity index (χ0n) is 17.5. The van der Waals surface area contributed by atoms with E-state index in [1.54, 1.807) is 0 Å². The topological polar surface area (TPSA) is 21.2 Å². The van der Waals surface area contributed by atoms with Crippen LogP contribution in [0.1, 0.15) is 37.6 Å². The van der Waals surface area contributed by atoms with E-state index in [0.717, 1.165) is 11.2 Å². The predicted octanol–water partition coefficient (Wildman–Crippen LogP) is 5.53. The van der Waals surface area contributed by atoms with Crippen molar-refractivity contribution in [1.82, 2.24) is 9.38 Å². The first kappa shape index (κ1) is 17.2. The standard InChI is InChI=1S/C25H26N3/c1-15-14-16(2)26-23-21(15)24-27(6)18-11-7-8-12-19(18)28(24)20-13-9-10-17(22(20)23)25(3,4)5/h7-14H,1-6H3/q+1. The minimum absolute atomic E-state index is 0.0323. The first-order chi connectivity index (χ1) is 13.3. The van der Waals surface area contributed by atoms with Crippen molar-refractivity contribution in [3.05, 3.63) is 65.4 Å². The molecule has 0 radical (unpaired) electrons. The monoisotopic (exact) mass is 368 g/mol. The molecule has 0 fully saturated rings. The van der Waals surface area contributed by atoms with Gasteiger partial charge in [0.2, 0.25) is 0 Å². The number of para-hydroxylation sites is 2. The highest BCUT2D eigenvalue weighted by Crippen LogP contribution is 2.38. The smallest absolute Gasteiger partial charge is 0.252 e. The van der Waals surface area contributed by atoms with Crippen LogP contribution in [0.4, 0.5) is 0 Å². The molecule has 0 N–H and O–H groups in total. The number of hydrogen-bond acceptors (Lipinski definition) is 1. The largest absolute Gasteiger partial charge is 0.297 e. The van der Waals surface area contributed by atoms with Crippen molar-refractivity contribution in [2.75, 3.05) is 0 Å². The Balaban J connectivity index is 2.25. The van der Waals surface area contributed by atoms with E-state index in [9.17, 15) is 0 Å². The molecule has 5 aromatic rings. The maximum Gasteiger partial charge on any atom is 0.297 e. The number of aryl methyl sites for hydroxylation is 3. The highest BCUT2D eigenvalue weighted by atomic mass is 15.1. The van der Waals surface area contributed by atoms with Gasteiger partial charge in [-0.05, 0) is 54.7 Å². The minimum Gasteiger partial charge on any atom is -0.252 e. The Kier molecular flexibility index (Phi) is 3.40. The summed E-state index contributed by atoms with van der Waals surface area (Å²) in [6, 6.07) is 17.5. The van der Waals surface area contributed by atoms with Crippen LogP contribution in [-0.4, -0.2) is 9.38 Å². The summed E-state index contributed by atoms with van der Waals surface area (Å²) in [6.45, 7) is 11.2. The van der Waals surface area contributed by atoms with E-state index in [1.165, 1.54) is 44.1 Å². The fraction of sp³-hybridized carbons (Fsp3) is 0.280. The van der Waals surface area contributed by atoms with Gasteiger partial charge in [0.25, 0.3) is 5.65 Å². The van der Waals surface area contributed by atoms with Gasteiger partial charge in [-0.15, -0.1) is 0 Å². The van der Waals surface area contributed by atoms with Crippen molar-refractivity contribution in [2.45, 2.75) is 40.0 Å². The van der Waals surface area contributed by atoms with Gasteiger partial charge >= 0.3 is 0 Å². The van der Waals surface area contributed by atoms with E-state index < -0.39 is 0 Å². The molecule has 0 aliphatic carbocycles. The number of imidazole rings is 1. The van der Waals surface area contributed by atoms with Crippen LogP contribution in [0.2, 0.25) is 0 Å². The van der Waals surface area contributed by atoms with Crippen LogP contribution >= 0.6 is 0 Å². The molecule has 0 amide bonds. The summed E-state index contributed by atoms with van der Waals surface area (Å²) in [4.78, 5) is 5.07. The quantitative estimate of drug-likeness (QED) is 0.260. The molecule has 0 unspecified atom stereocenters. The number of hydrogen-bond donors (Lipinski definition) is 0. The molecule has 3 heterocycles. The van der Waals surface area contributed by atoms with Crippen LogP contribution in [0.25, 0.3) is 38.5 Å². The lowest BCUT2D eigenvalue weighted by Crippen LogP contribution is -2.27. The number of rotatable bonds is 0. The molecule has 0 saturated carbocycles. The summed E-state index contributed by atoms with van der Waals surface area (Å²) < 4.78 is 4.73. The molecule has 0 bridgehead atoms. The fourth-order valence-electron chi connectivity index (χ4n) is 4.74. The summed E-state index contributed by atoms with van der Waals surface area (Å²) in [5, 5.41) is 2.51. The lowest BCUT2D eigenvalue weighted by molar-refractivity contribution is -0.617. The number of benzene rings is 2. The van der Waals surface area contributed by atoms with Crippen LogP contribution in [0.5, 0.6) is 0 Å². The van der Waals surface area contributed by atoms with E-state index in [-0.39, 0.29) is 5.41 Å². The molecule has 0 saturated heterocycles. The molecule has 28 heavy (non-hydrogen) atoms. The lowest BCUT2D eigenvalue weighted by Gasteiger charge is -2.22. The van der Waals surface area contributed by atoms with Gasteiger partial charge in [-0.25, -0.2) is 4.57 Å². The van der Waals surface area contributed by atoms with Crippen molar-refractivity contribution < 1.29 is 4.57 Å². The second-order valence-corrected chi connectivity index (χ2v) is 8.96. The molecule has 0 aliphatic rings. The third-order valence-corrected chi connectivity index (χ3v) is 5.91. The third-order valence-electron chi connectivity index (χ3n) is 5.91. The Hall–Kier alpha value is -2.94. The average Bonchev–Trinajstić information content (AvgIpc) is 2.93. The predicted molar refractivity (Wildman–Crippen MR) is 117 cm³/mol. The van der Waals surface area contributed by atoms with Gasteiger partial charge < -0.3 is 0 Å². The van der Waals surface area contributed by atoms with Crippen LogP contribution in [-0.2, 0) is 12.5 Å². The van der Waals surface area contributed by atoms with Gasteiger partial charge in [0.1, 0.15) is 5.52 Å². The van der Waals surface area contributed by atoms with E-state index >= 15 is 0 Å². The van der Waals surface area contributed by atoms with Crippen LogP contribution < -0.4 is 4.57 Å². The molecule has 3 heteroatoms. The van der Waals surface area contributed by atoms with Crippen molar-refractivity contribution in [2.24, 2.45) is 7.05 Å². The molecule has 140 valence electrons. The number of fused-ring (bicyclic) bond motifs is 8. The molecule has 0 atom stereocenters. The van der Waals surface area contributed by atoms with Gasteiger partial charge in [0.05, 0.1) is 23.3 Å². The second kappa shape index (κ2) is 5.54. The number of nitrogens with zero attached hydrogens (tertiary/aromatic N) is 3. The molecule has 0 spiro atoms. The Bertz CT molecular complexity index is 1420. The molecule has 3 aromatic heterocycles. The molecule has 2 aromatic carbocycles. The first-order valence-corrected chi connectivity index (χ1v) is 9.91. The molecule has 3 nitrogen and oxygen atoms in total. The zero-order valence-corrected chi connectivity index (χ0v) is 17.5. The summed E-state index contributed by atoms with van der Waals surface area (Å²) in [6.07, 6.45) is 0. The van der Waals surface area contributed by atoms with E-state index in [4.69, 9.17) is 4.98 Å². The molecule has 0 aliphatic heterocycles. The maximum absolute atomic E-state index is 5.07. The molecule has 5 rings (SSSR count). The Morgan fingerprint density at radius 2 is 1.61 bits per heavy atom. The van der Waals surface area contributed by atoms with Crippen LogP contribution in [0.15, 0.2) is 48.5 Å². The Labute approximate surface area is 165 Å². The fourth-order valence-corrected chi connectivity index (χ4v) is 4.74. The second-order valence-electron chi connectivity index (χ2n) is 8.96. The molecular weight excluding hydrogens is 342 g/mol. The van der Waals surface area contributed by atoms with Gasteiger partial charge in [-0.1, -0.05) is 45.0 Å². The van der Waals surface area contributed by atoms with Crippen LogP contribution in [0, 0.1) is 13.8 Å². The lowest BCUT2D eigenvalue weighted by atomic mass is 9.83. The number of pyridine rings is 2. The zero-order chi connectivity index (χ0) is 19.8. The van der Waals surface area contributed by atoms with Crippen molar-refractivity contribution in [1.29, 1.82) is 0 Å². The van der Waals surface area contributed by atoms with E-state index in [0.29, 0.717) is 0 Å². The Morgan fingerprint density at radius 1 is 0.893 bits per heavy atom. The number of aromatic nitrogens is 3. The highest BCUT2D eigenvalue weighted by Gasteiger charge is 2.28. The van der Waals surface area contributed by atoms with Crippen molar-refractivity contribution >= 4 is 38.5 Å². The van der Waals surface area contributed by atoms with Crippen molar-refractivity contribution in [3.63, 3.8) is 0 Å². The van der Waals surface area contributed by atoms with E-state index in [1.807, 2.05) is 0 Å². The van der Waals surface area contributed by atoms with Gasteiger partial charge in [0, 0.05) is 5.69 Å². The highest BCUT2D eigenvalue weighted by molar-refractivity contribution is 6.13. The summed E-state index contributed by atoms with van der Waals surface area (Å²) in [5.41, 5.74) is 9.73. The summed E-state index contributed by atoms with van der Waals surface area (Å²) in [5.74, 6) is 0. The normalized spacial score (nSPS) is 12.6. The molecular formula is C25H26N3+. The third kappa shape index (κ3) is 2.16. The Morgan fingerprint density at radius 3 is 2.36 bits per heavy atom. The van der Waals surface area contributed by atoms with Gasteiger partial charge in [-0.3, -0.25) is 4.98 Å². The van der Waals surface area contributed by atoms with E-state index in [2.05, 4.69) is 99.2 Å². The average molecular weight is 369 g/mol. The van der Waals surface area contributed by atoms with Crippen LogP contribution in [0.3, 0.4) is 0 Å². The maximum atomic E-state index is 5.07.